The second kappa shape index (κ2) is 4.72. The molecule has 2 heterocycles. The molecule has 0 spiro atoms. The first kappa shape index (κ1) is 11.9. The van der Waals surface area contributed by atoms with Crippen LogP contribution in [-0.2, 0) is 9.53 Å². The second-order valence-corrected chi connectivity index (χ2v) is 5.48. The number of carbonyl (C=O) groups excluding carboxylic acids is 1. The molecule has 1 unspecified atom stereocenters. The minimum absolute atomic E-state index is 0.0451. The highest BCUT2D eigenvalue weighted by Crippen LogP contribution is 2.19. The van der Waals surface area contributed by atoms with Crippen molar-refractivity contribution in [3.63, 3.8) is 0 Å². The van der Waals surface area contributed by atoms with Crippen molar-refractivity contribution in [2.24, 2.45) is 5.92 Å². The van der Waals surface area contributed by atoms with Gasteiger partial charge in [0.1, 0.15) is 0 Å². The van der Waals surface area contributed by atoms with Gasteiger partial charge in [-0.05, 0) is 26.7 Å². The molecule has 2 fully saturated rings. The van der Waals surface area contributed by atoms with Crippen molar-refractivity contribution in [1.29, 1.82) is 0 Å². The van der Waals surface area contributed by atoms with Crippen LogP contribution in [0.5, 0.6) is 0 Å². The number of hydrogen-bond donors (Lipinski definition) is 1. The molecule has 0 aromatic heterocycles. The zero-order valence-corrected chi connectivity index (χ0v) is 10.3. The van der Waals surface area contributed by atoms with Crippen LogP contribution in [0.3, 0.4) is 0 Å². The van der Waals surface area contributed by atoms with E-state index in [2.05, 4.69) is 19.2 Å². The predicted octanol–water partition coefficient (Wildman–Crippen LogP) is 0.623. The Morgan fingerprint density at radius 1 is 1.50 bits per heavy atom. The Morgan fingerprint density at radius 3 is 2.94 bits per heavy atom. The highest BCUT2D eigenvalue weighted by Gasteiger charge is 2.32. The van der Waals surface area contributed by atoms with Crippen molar-refractivity contribution in [1.82, 2.24) is 10.2 Å². The molecule has 0 bridgehead atoms. The average Bonchev–Trinajstić information content (AvgIpc) is 2.28. The number of ether oxygens (including phenoxy) is 1. The Morgan fingerprint density at radius 2 is 2.31 bits per heavy atom. The van der Waals surface area contributed by atoms with Crippen LogP contribution >= 0.6 is 0 Å². The minimum Gasteiger partial charge on any atom is -0.381 e. The summed E-state index contributed by atoms with van der Waals surface area (Å²) in [6.45, 7) is 8.25. The molecule has 16 heavy (non-hydrogen) atoms. The minimum atomic E-state index is 0.0451. The summed E-state index contributed by atoms with van der Waals surface area (Å²) in [6.07, 6.45) is 2.01. The Kier molecular flexibility index (Phi) is 3.50. The first-order valence-electron chi connectivity index (χ1n) is 6.20. The van der Waals surface area contributed by atoms with Gasteiger partial charge in [-0.15, -0.1) is 0 Å². The fourth-order valence-corrected chi connectivity index (χ4v) is 2.52. The molecular formula is C12H22N2O2. The lowest BCUT2D eigenvalue weighted by Crippen LogP contribution is -2.59. The van der Waals surface area contributed by atoms with Crippen molar-refractivity contribution < 1.29 is 9.53 Å². The van der Waals surface area contributed by atoms with E-state index in [1.165, 1.54) is 0 Å². The molecule has 2 saturated heterocycles. The number of hydrogen-bond acceptors (Lipinski definition) is 3. The highest BCUT2D eigenvalue weighted by atomic mass is 16.5. The molecule has 92 valence electrons. The van der Waals surface area contributed by atoms with Crippen LogP contribution in [0.15, 0.2) is 0 Å². The smallest absolute Gasteiger partial charge is 0.228 e. The molecule has 0 saturated carbocycles. The van der Waals surface area contributed by atoms with E-state index < -0.39 is 0 Å². The summed E-state index contributed by atoms with van der Waals surface area (Å²) in [5, 5.41) is 3.42. The van der Waals surface area contributed by atoms with Crippen molar-refractivity contribution in [3.05, 3.63) is 0 Å². The molecule has 1 atom stereocenters. The van der Waals surface area contributed by atoms with E-state index in [1.807, 2.05) is 4.90 Å². The zero-order valence-electron chi connectivity index (χ0n) is 10.3. The third kappa shape index (κ3) is 2.74. The number of nitrogens with one attached hydrogen (secondary N) is 1. The maximum atomic E-state index is 12.3. The Balaban J connectivity index is 1.93. The average molecular weight is 226 g/mol. The van der Waals surface area contributed by atoms with Gasteiger partial charge in [0.05, 0.1) is 12.5 Å². The molecule has 2 aliphatic rings. The summed E-state index contributed by atoms with van der Waals surface area (Å²) in [7, 11) is 0. The van der Waals surface area contributed by atoms with E-state index in [-0.39, 0.29) is 17.4 Å². The number of piperazine rings is 1. The maximum absolute atomic E-state index is 12.3. The second-order valence-electron chi connectivity index (χ2n) is 5.48. The summed E-state index contributed by atoms with van der Waals surface area (Å²) >= 11 is 0. The number of carbonyl (C=O) groups is 1. The van der Waals surface area contributed by atoms with Gasteiger partial charge in [-0.2, -0.15) is 0 Å². The summed E-state index contributed by atoms with van der Waals surface area (Å²) in [5.41, 5.74) is 0.0451. The molecule has 0 aromatic rings. The zero-order chi connectivity index (χ0) is 11.6. The predicted molar refractivity (Wildman–Crippen MR) is 62.2 cm³/mol. The Hall–Kier alpha value is -0.610. The van der Waals surface area contributed by atoms with Crippen LogP contribution in [0, 0.1) is 5.92 Å². The summed E-state index contributed by atoms with van der Waals surface area (Å²) in [5.74, 6) is 0.386. The molecular weight excluding hydrogens is 204 g/mol. The fourth-order valence-electron chi connectivity index (χ4n) is 2.52. The molecule has 4 heteroatoms. The normalized spacial score (nSPS) is 30.1. The van der Waals surface area contributed by atoms with E-state index in [0.29, 0.717) is 6.61 Å². The molecule has 0 aromatic carbocycles. The maximum Gasteiger partial charge on any atom is 0.228 e. The van der Waals surface area contributed by atoms with Gasteiger partial charge in [0.25, 0.3) is 0 Å². The lowest BCUT2D eigenvalue weighted by Gasteiger charge is -2.40. The monoisotopic (exact) mass is 226 g/mol. The van der Waals surface area contributed by atoms with Crippen LogP contribution in [0.25, 0.3) is 0 Å². The Bertz CT molecular complexity index is 260. The largest absolute Gasteiger partial charge is 0.381 e. The molecule has 0 aliphatic carbocycles. The van der Waals surface area contributed by atoms with Gasteiger partial charge >= 0.3 is 0 Å². The van der Waals surface area contributed by atoms with E-state index >= 15 is 0 Å². The lowest BCUT2D eigenvalue weighted by molar-refractivity contribution is -0.141. The van der Waals surface area contributed by atoms with Crippen LogP contribution in [0.1, 0.15) is 26.7 Å². The molecule has 1 N–H and O–H groups in total. The highest BCUT2D eigenvalue weighted by molar-refractivity contribution is 5.79. The first-order chi connectivity index (χ1) is 7.58. The fraction of sp³-hybridized carbons (Fsp3) is 0.917. The van der Waals surface area contributed by atoms with E-state index in [1.54, 1.807) is 0 Å². The van der Waals surface area contributed by atoms with Crippen LogP contribution in [-0.4, -0.2) is 49.2 Å². The van der Waals surface area contributed by atoms with Crippen LogP contribution < -0.4 is 5.32 Å². The topological polar surface area (TPSA) is 41.6 Å². The molecule has 0 radical (unpaired) electrons. The van der Waals surface area contributed by atoms with Gasteiger partial charge in [-0.3, -0.25) is 4.79 Å². The van der Waals surface area contributed by atoms with Crippen molar-refractivity contribution >= 4 is 5.91 Å². The van der Waals surface area contributed by atoms with Gasteiger partial charge in [0.15, 0.2) is 0 Å². The summed E-state index contributed by atoms with van der Waals surface area (Å²) < 4.78 is 5.38. The van der Waals surface area contributed by atoms with Gasteiger partial charge in [-0.25, -0.2) is 0 Å². The van der Waals surface area contributed by atoms with Crippen molar-refractivity contribution in [2.45, 2.75) is 32.2 Å². The van der Waals surface area contributed by atoms with Gasteiger partial charge in [0.2, 0.25) is 5.91 Å². The van der Waals surface area contributed by atoms with Crippen LogP contribution in [0.4, 0.5) is 0 Å². The number of amides is 1. The third-order valence-corrected chi connectivity index (χ3v) is 3.39. The summed E-state index contributed by atoms with van der Waals surface area (Å²) in [6, 6.07) is 0. The quantitative estimate of drug-likeness (QED) is 0.713. The van der Waals surface area contributed by atoms with E-state index in [4.69, 9.17) is 4.74 Å². The van der Waals surface area contributed by atoms with Crippen molar-refractivity contribution in [2.75, 3.05) is 32.8 Å². The molecule has 1 amide bonds. The first-order valence-corrected chi connectivity index (χ1v) is 6.20. The molecule has 2 rings (SSSR count). The van der Waals surface area contributed by atoms with E-state index in [0.717, 1.165) is 39.1 Å². The SMILES string of the molecule is CC1(C)CN(C(=O)C2CCCOC2)CCN1. The lowest BCUT2D eigenvalue weighted by atomic mass is 9.97. The molecule has 4 nitrogen and oxygen atoms in total. The van der Waals surface area contributed by atoms with Gasteiger partial charge in [0, 0.05) is 31.8 Å². The standard InChI is InChI=1S/C12H22N2O2/c1-12(2)9-14(6-5-13-12)11(15)10-4-3-7-16-8-10/h10,13H,3-9H2,1-2H3. The number of rotatable bonds is 1. The van der Waals surface area contributed by atoms with Crippen LogP contribution in [0.2, 0.25) is 0 Å². The van der Waals surface area contributed by atoms with Gasteiger partial charge in [-0.1, -0.05) is 0 Å². The van der Waals surface area contributed by atoms with Crippen molar-refractivity contribution in [3.8, 4) is 0 Å². The van der Waals surface area contributed by atoms with E-state index in [9.17, 15) is 4.79 Å². The summed E-state index contributed by atoms with van der Waals surface area (Å²) in [4.78, 5) is 14.3. The van der Waals surface area contributed by atoms with Gasteiger partial charge < -0.3 is 15.0 Å². The Labute approximate surface area is 97.3 Å². The molecule has 2 aliphatic heterocycles. The third-order valence-electron chi connectivity index (χ3n) is 3.39. The number of nitrogens with zero attached hydrogens (tertiary/aromatic N) is 1.